The fourth-order valence-electron chi connectivity index (χ4n) is 2.84. The van der Waals surface area contributed by atoms with E-state index < -0.39 is 0 Å². The standard InChI is InChI=1S/C20H16N2OS2/c21-17-11-9-13-5-1-3-7-15(13)19(17)24-25-20-16-8-4-2-6-14(16)10-12-18(20)23-22/h1-12H,21-22H2. The van der Waals surface area contributed by atoms with Crippen LogP contribution in [-0.2, 0) is 0 Å². The lowest BCUT2D eigenvalue weighted by atomic mass is 10.1. The van der Waals surface area contributed by atoms with Crippen LogP contribution in [0.4, 0.5) is 5.69 Å². The minimum Gasteiger partial charge on any atom is -0.410 e. The van der Waals surface area contributed by atoms with Gasteiger partial charge in [-0.05, 0) is 55.3 Å². The quantitative estimate of drug-likeness (QED) is 0.279. The Morgan fingerprint density at radius 3 is 1.88 bits per heavy atom. The summed E-state index contributed by atoms with van der Waals surface area (Å²) in [6, 6.07) is 24.4. The van der Waals surface area contributed by atoms with Gasteiger partial charge in [-0.25, -0.2) is 0 Å². The number of anilines is 1. The van der Waals surface area contributed by atoms with Crippen LogP contribution in [0, 0.1) is 0 Å². The molecular formula is C20H16N2OS2. The van der Waals surface area contributed by atoms with Crippen molar-refractivity contribution in [3.63, 3.8) is 0 Å². The fraction of sp³-hybridized carbons (Fsp3) is 0. The van der Waals surface area contributed by atoms with Gasteiger partial charge in [0, 0.05) is 10.6 Å². The second-order valence-electron chi connectivity index (χ2n) is 5.60. The van der Waals surface area contributed by atoms with Crippen molar-refractivity contribution >= 4 is 48.8 Å². The van der Waals surface area contributed by atoms with Gasteiger partial charge in [0.2, 0.25) is 0 Å². The largest absolute Gasteiger partial charge is 0.410 e. The molecule has 0 heterocycles. The molecule has 124 valence electrons. The normalized spacial score (nSPS) is 11.1. The smallest absolute Gasteiger partial charge is 0.161 e. The Kier molecular flexibility index (Phi) is 4.44. The maximum atomic E-state index is 6.24. The molecule has 0 aliphatic rings. The summed E-state index contributed by atoms with van der Waals surface area (Å²) in [5.74, 6) is 6.15. The van der Waals surface area contributed by atoms with Crippen LogP contribution in [0.1, 0.15) is 0 Å². The molecule has 0 aliphatic carbocycles. The lowest BCUT2D eigenvalue weighted by Crippen LogP contribution is -2.02. The third kappa shape index (κ3) is 3.02. The van der Waals surface area contributed by atoms with Crippen molar-refractivity contribution in [3.05, 3.63) is 72.8 Å². The first-order valence-electron chi connectivity index (χ1n) is 7.78. The van der Waals surface area contributed by atoms with E-state index in [-0.39, 0.29) is 0 Å². The molecule has 5 heteroatoms. The van der Waals surface area contributed by atoms with Gasteiger partial charge in [-0.3, -0.25) is 0 Å². The average molecular weight is 364 g/mol. The molecule has 0 saturated heterocycles. The van der Waals surface area contributed by atoms with Crippen LogP contribution in [0.2, 0.25) is 0 Å². The zero-order valence-electron chi connectivity index (χ0n) is 13.3. The Bertz CT molecular complexity index is 1070. The van der Waals surface area contributed by atoms with Gasteiger partial charge >= 0.3 is 0 Å². The summed E-state index contributed by atoms with van der Waals surface area (Å²) in [7, 11) is 3.25. The molecule has 4 N–H and O–H groups in total. The Morgan fingerprint density at radius 2 is 1.20 bits per heavy atom. The van der Waals surface area contributed by atoms with Crippen molar-refractivity contribution in [2.75, 3.05) is 5.73 Å². The maximum Gasteiger partial charge on any atom is 0.161 e. The number of nitrogens with two attached hydrogens (primary N) is 2. The number of rotatable bonds is 4. The first kappa shape index (κ1) is 16.1. The van der Waals surface area contributed by atoms with Crippen LogP contribution in [0.3, 0.4) is 0 Å². The number of hydrogen-bond donors (Lipinski definition) is 2. The van der Waals surface area contributed by atoms with Crippen molar-refractivity contribution in [1.29, 1.82) is 0 Å². The van der Waals surface area contributed by atoms with Crippen LogP contribution in [0.5, 0.6) is 5.75 Å². The van der Waals surface area contributed by atoms with E-state index in [1.807, 2.05) is 48.5 Å². The van der Waals surface area contributed by atoms with E-state index in [9.17, 15) is 0 Å². The molecule has 4 aromatic carbocycles. The maximum absolute atomic E-state index is 6.24. The zero-order chi connectivity index (χ0) is 17.2. The third-order valence-electron chi connectivity index (χ3n) is 4.09. The van der Waals surface area contributed by atoms with Gasteiger partial charge in [0.15, 0.2) is 5.75 Å². The van der Waals surface area contributed by atoms with Gasteiger partial charge in [0.05, 0.1) is 4.90 Å². The van der Waals surface area contributed by atoms with Crippen molar-refractivity contribution in [2.24, 2.45) is 5.90 Å². The van der Waals surface area contributed by atoms with E-state index in [1.165, 1.54) is 5.39 Å². The molecule has 4 rings (SSSR count). The van der Waals surface area contributed by atoms with Crippen LogP contribution < -0.4 is 16.5 Å². The summed E-state index contributed by atoms with van der Waals surface area (Å²) in [6.07, 6.45) is 0. The van der Waals surface area contributed by atoms with Crippen LogP contribution in [0.15, 0.2) is 82.6 Å². The molecule has 0 spiro atoms. The molecular weight excluding hydrogens is 348 g/mol. The molecule has 0 fully saturated rings. The minimum absolute atomic E-state index is 0.662. The highest BCUT2D eigenvalue weighted by atomic mass is 33.1. The zero-order valence-corrected chi connectivity index (χ0v) is 14.9. The SMILES string of the molecule is NOc1ccc2ccccc2c1SSc1c(N)ccc2ccccc12. The van der Waals surface area contributed by atoms with Crippen LogP contribution >= 0.6 is 21.6 Å². The lowest BCUT2D eigenvalue weighted by Gasteiger charge is -2.12. The summed E-state index contributed by atoms with van der Waals surface area (Å²) in [4.78, 5) is 7.15. The predicted molar refractivity (Wildman–Crippen MR) is 109 cm³/mol. The topological polar surface area (TPSA) is 61.3 Å². The van der Waals surface area contributed by atoms with E-state index >= 15 is 0 Å². The molecule has 4 aromatic rings. The van der Waals surface area contributed by atoms with Crippen molar-refractivity contribution in [1.82, 2.24) is 0 Å². The number of fused-ring (bicyclic) bond motifs is 2. The summed E-state index contributed by atoms with van der Waals surface area (Å²) in [5.41, 5.74) is 7.01. The van der Waals surface area contributed by atoms with E-state index in [4.69, 9.17) is 16.5 Å². The highest BCUT2D eigenvalue weighted by Crippen LogP contribution is 2.48. The molecule has 0 radical (unpaired) electrons. The monoisotopic (exact) mass is 364 g/mol. The van der Waals surface area contributed by atoms with Crippen LogP contribution in [-0.4, -0.2) is 0 Å². The number of benzene rings is 4. The third-order valence-corrected chi connectivity index (χ3v) is 6.63. The van der Waals surface area contributed by atoms with Gasteiger partial charge < -0.3 is 10.6 Å². The number of hydrogen-bond acceptors (Lipinski definition) is 5. The lowest BCUT2D eigenvalue weighted by molar-refractivity contribution is 0.327. The Morgan fingerprint density at radius 1 is 0.640 bits per heavy atom. The van der Waals surface area contributed by atoms with Crippen molar-refractivity contribution < 1.29 is 4.84 Å². The predicted octanol–water partition coefficient (Wildman–Crippen LogP) is 5.63. The summed E-state index contributed by atoms with van der Waals surface area (Å²) < 4.78 is 0. The van der Waals surface area contributed by atoms with E-state index in [2.05, 4.69) is 24.3 Å². The molecule has 0 aliphatic heterocycles. The van der Waals surface area contributed by atoms with Gasteiger partial charge in [0.1, 0.15) is 0 Å². The van der Waals surface area contributed by atoms with Crippen molar-refractivity contribution in [2.45, 2.75) is 9.79 Å². The van der Waals surface area contributed by atoms with Gasteiger partial charge in [-0.15, -0.1) is 0 Å². The van der Waals surface area contributed by atoms with Crippen molar-refractivity contribution in [3.8, 4) is 5.75 Å². The minimum atomic E-state index is 0.662. The molecule has 0 saturated carbocycles. The second kappa shape index (κ2) is 6.88. The van der Waals surface area contributed by atoms with Gasteiger partial charge in [0.25, 0.3) is 0 Å². The van der Waals surface area contributed by atoms with Crippen LogP contribution in [0.25, 0.3) is 21.5 Å². The van der Waals surface area contributed by atoms with Gasteiger partial charge in [-0.1, -0.05) is 60.7 Å². The Hall–Kier alpha value is -2.34. The number of nitrogen functional groups attached to an aromatic ring is 1. The molecule has 0 aromatic heterocycles. The summed E-state index contributed by atoms with van der Waals surface area (Å²) >= 11 is 0. The van der Waals surface area contributed by atoms with Gasteiger partial charge in [-0.2, -0.15) is 5.90 Å². The van der Waals surface area contributed by atoms with E-state index in [0.717, 1.165) is 31.6 Å². The highest BCUT2D eigenvalue weighted by Gasteiger charge is 2.13. The second-order valence-corrected chi connectivity index (χ2v) is 7.75. The Balaban J connectivity index is 1.78. The Labute approximate surface area is 153 Å². The highest BCUT2D eigenvalue weighted by molar-refractivity contribution is 8.76. The first-order chi connectivity index (χ1) is 12.3. The molecule has 0 bridgehead atoms. The van der Waals surface area contributed by atoms with E-state index in [0.29, 0.717) is 5.75 Å². The molecule has 25 heavy (non-hydrogen) atoms. The first-order valence-corrected chi connectivity index (χ1v) is 9.93. The average Bonchev–Trinajstić information content (AvgIpc) is 2.67. The summed E-state index contributed by atoms with van der Waals surface area (Å²) in [5, 5.41) is 4.59. The molecule has 0 atom stereocenters. The summed E-state index contributed by atoms with van der Waals surface area (Å²) in [6.45, 7) is 0. The molecule has 0 unspecified atom stereocenters. The van der Waals surface area contributed by atoms with E-state index in [1.54, 1.807) is 21.6 Å². The molecule has 0 amide bonds. The molecule has 3 nitrogen and oxygen atoms in total. The fourth-order valence-corrected chi connectivity index (χ4v) is 5.49.